The van der Waals surface area contributed by atoms with Crippen molar-refractivity contribution in [2.24, 2.45) is 0 Å². The molecule has 0 aromatic rings. The first-order chi connectivity index (χ1) is 3.63. The first-order valence-corrected chi connectivity index (χ1v) is 3.01. The Hall–Kier alpha value is 0.190. The van der Waals surface area contributed by atoms with Crippen molar-refractivity contribution in [1.29, 1.82) is 0 Å². The number of rotatable bonds is 3. The lowest BCUT2D eigenvalue weighted by atomic mass is 10.8. The fourth-order valence-corrected chi connectivity index (χ4v) is 0.516. The van der Waals surface area contributed by atoms with Crippen LogP contribution < -0.4 is 0 Å². The van der Waals surface area contributed by atoms with Gasteiger partial charge in [0.15, 0.2) is 6.29 Å². The maximum atomic E-state index is 8.11. The third-order valence-electron chi connectivity index (χ3n) is 0.394. The van der Waals surface area contributed by atoms with Crippen molar-refractivity contribution in [2.75, 3.05) is 5.75 Å². The Morgan fingerprint density at radius 1 is 1.12 bits per heavy atom. The second-order valence-electron chi connectivity index (χ2n) is 1.14. The van der Waals surface area contributed by atoms with Crippen molar-refractivity contribution in [3.8, 4) is 0 Å². The molecule has 0 atom stereocenters. The summed E-state index contributed by atoms with van der Waals surface area (Å²) in [7, 11) is 0. The van der Waals surface area contributed by atoms with Crippen molar-refractivity contribution < 1.29 is 20.4 Å². The molecule has 0 fully saturated rings. The first kappa shape index (κ1) is 8.19. The van der Waals surface area contributed by atoms with E-state index in [2.05, 4.69) is 0 Å². The highest BCUT2D eigenvalue weighted by atomic mass is 32.2. The van der Waals surface area contributed by atoms with E-state index in [0.29, 0.717) is 11.8 Å². The second-order valence-corrected chi connectivity index (χ2v) is 2.23. The van der Waals surface area contributed by atoms with Crippen LogP contribution in [0, 0.1) is 0 Å². The van der Waals surface area contributed by atoms with E-state index < -0.39 is 11.9 Å². The van der Waals surface area contributed by atoms with Crippen LogP contribution in [0.5, 0.6) is 0 Å². The van der Waals surface area contributed by atoms with Crippen LogP contribution in [0.4, 0.5) is 0 Å². The molecule has 0 bridgehead atoms. The summed E-state index contributed by atoms with van der Waals surface area (Å²) in [6, 6.07) is 0. The van der Waals surface area contributed by atoms with Crippen molar-refractivity contribution in [1.82, 2.24) is 0 Å². The maximum Gasteiger partial charge on any atom is 0.202 e. The molecule has 0 aromatic heterocycles. The summed E-state index contributed by atoms with van der Waals surface area (Å²) < 4.78 is 0. The zero-order valence-electron chi connectivity index (χ0n) is 4.06. The Bertz CT molecular complexity index is 47.2. The Labute approximate surface area is 50.8 Å². The molecule has 0 heterocycles. The average molecular weight is 140 g/mol. The summed E-state index contributed by atoms with van der Waals surface area (Å²) in [6.07, 6.45) is -1.47. The Morgan fingerprint density at radius 3 is 1.75 bits per heavy atom. The number of hydrogen-bond acceptors (Lipinski definition) is 5. The molecule has 4 N–H and O–H groups in total. The molecule has 0 unspecified atom stereocenters. The lowest BCUT2D eigenvalue weighted by Gasteiger charge is -2.02. The van der Waals surface area contributed by atoms with Gasteiger partial charge in [-0.25, -0.2) is 0 Å². The van der Waals surface area contributed by atoms with Crippen molar-refractivity contribution >= 4 is 11.8 Å². The number of aliphatic hydroxyl groups excluding tert-OH is 2. The topological polar surface area (TPSA) is 80.9 Å². The zero-order valence-corrected chi connectivity index (χ0v) is 4.88. The molecular weight excluding hydrogens is 132 g/mol. The average Bonchev–Trinajstić information content (AvgIpc) is 1.61. The molecular formula is C3H8O4S. The standard InChI is InChI=1S/C3H8O4S/c4-2(5)1-8-3(6)7/h2-7H,1H2. The van der Waals surface area contributed by atoms with Crippen LogP contribution in [0.15, 0.2) is 0 Å². The van der Waals surface area contributed by atoms with E-state index in [1.807, 2.05) is 0 Å². The van der Waals surface area contributed by atoms with Gasteiger partial charge in [0.25, 0.3) is 0 Å². The third kappa shape index (κ3) is 6.19. The van der Waals surface area contributed by atoms with E-state index in [1.54, 1.807) is 0 Å². The summed E-state index contributed by atoms with van der Waals surface area (Å²) in [6.45, 7) is 0. The minimum atomic E-state index is -1.52. The van der Waals surface area contributed by atoms with Gasteiger partial charge in [-0.1, -0.05) is 11.8 Å². The van der Waals surface area contributed by atoms with Crippen LogP contribution in [-0.4, -0.2) is 38.1 Å². The smallest absolute Gasteiger partial charge is 0.202 e. The highest BCUT2D eigenvalue weighted by molar-refractivity contribution is 7.99. The quantitative estimate of drug-likeness (QED) is 0.351. The molecule has 8 heavy (non-hydrogen) atoms. The summed E-state index contributed by atoms with van der Waals surface area (Å²) in [5.41, 5.74) is -1.52. The largest absolute Gasteiger partial charge is 0.367 e. The van der Waals surface area contributed by atoms with E-state index in [1.165, 1.54) is 0 Å². The third-order valence-corrected chi connectivity index (χ3v) is 1.18. The van der Waals surface area contributed by atoms with Gasteiger partial charge in [-0.05, 0) is 0 Å². The SMILES string of the molecule is OC(O)CSC(O)O. The number of hydrogen-bond donors (Lipinski definition) is 4. The zero-order chi connectivity index (χ0) is 6.57. The summed E-state index contributed by atoms with van der Waals surface area (Å²) in [5, 5.41) is 32.4. The molecule has 0 aliphatic carbocycles. The van der Waals surface area contributed by atoms with Crippen LogP contribution >= 0.6 is 11.8 Å². The van der Waals surface area contributed by atoms with Crippen molar-refractivity contribution in [3.05, 3.63) is 0 Å². The minimum absolute atomic E-state index is 0.0856. The van der Waals surface area contributed by atoms with Gasteiger partial charge in [0.2, 0.25) is 5.62 Å². The summed E-state index contributed by atoms with van der Waals surface area (Å²) >= 11 is 0.650. The Morgan fingerprint density at radius 2 is 1.62 bits per heavy atom. The predicted octanol–water partition coefficient (Wildman–Crippen LogP) is -1.70. The van der Waals surface area contributed by atoms with Crippen LogP contribution in [0.2, 0.25) is 0 Å². The van der Waals surface area contributed by atoms with E-state index in [9.17, 15) is 0 Å². The van der Waals surface area contributed by atoms with Crippen molar-refractivity contribution in [3.63, 3.8) is 0 Å². The molecule has 0 saturated carbocycles. The second kappa shape index (κ2) is 4.11. The van der Waals surface area contributed by atoms with Crippen LogP contribution in [0.1, 0.15) is 0 Å². The van der Waals surface area contributed by atoms with E-state index >= 15 is 0 Å². The fourth-order valence-electron chi connectivity index (χ4n) is 0.172. The molecule has 0 amide bonds. The monoisotopic (exact) mass is 140 g/mol. The fraction of sp³-hybridized carbons (Fsp3) is 1.00. The molecule has 5 heteroatoms. The highest BCUT2D eigenvalue weighted by Crippen LogP contribution is 2.04. The lowest BCUT2D eigenvalue weighted by molar-refractivity contribution is -0.0211. The Balaban J connectivity index is 2.93. The van der Waals surface area contributed by atoms with Crippen molar-refractivity contribution in [2.45, 2.75) is 11.9 Å². The predicted molar refractivity (Wildman–Crippen MR) is 28.9 cm³/mol. The van der Waals surface area contributed by atoms with E-state index in [0.717, 1.165) is 0 Å². The highest BCUT2D eigenvalue weighted by Gasteiger charge is 2.01. The Kier molecular flexibility index (Phi) is 4.20. The van der Waals surface area contributed by atoms with E-state index in [-0.39, 0.29) is 5.75 Å². The van der Waals surface area contributed by atoms with Gasteiger partial charge in [-0.3, -0.25) is 0 Å². The molecule has 0 saturated heterocycles. The molecule has 0 aromatic carbocycles. The lowest BCUT2D eigenvalue weighted by Crippen LogP contribution is -2.11. The molecule has 0 radical (unpaired) electrons. The van der Waals surface area contributed by atoms with Gasteiger partial charge in [0, 0.05) is 5.75 Å². The molecule has 0 aliphatic heterocycles. The van der Waals surface area contributed by atoms with Gasteiger partial charge in [-0.15, -0.1) is 0 Å². The van der Waals surface area contributed by atoms with Gasteiger partial charge in [-0.2, -0.15) is 0 Å². The first-order valence-electron chi connectivity index (χ1n) is 1.97. The van der Waals surface area contributed by atoms with E-state index in [4.69, 9.17) is 20.4 Å². The maximum absolute atomic E-state index is 8.11. The minimum Gasteiger partial charge on any atom is -0.367 e. The molecule has 0 spiro atoms. The summed E-state index contributed by atoms with van der Waals surface area (Å²) in [5.74, 6) is -0.0856. The molecule has 0 rings (SSSR count). The summed E-state index contributed by atoms with van der Waals surface area (Å²) in [4.78, 5) is 0. The number of thioether (sulfide) groups is 1. The van der Waals surface area contributed by atoms with Gasteiger partial charge < -0.3 is 20.4 Å². The van der Waals surface area contributed by atoms with Crippen LogP contribution in [0.25, 0.3) is 0 Å². The normalized spacial score (nSPS) is 11.2. The van der Waals surface area contributed by atoms with Gasteiger partial charge in [0.05, 0.1) is 0 Å². The van der Waals surface area contributed by atoms with Gasteiger partial charge >= 0.3 is 0 Å². The molecule has 50 valence electrons. The van der Waals surface area contributed by atoms with Crippen LogP contribution in [0.3, 0.4) is 0 Å². The molecule has 4 nitrogen and oxygen atoms in total. The van der Waals surface area contributed by atoms with Crippen LogP contribution in [-0.2, 0) is 0 Å². The molecule has 0 aliphatic rings. The number of aliphatic hydroxyl groups is 4. The van der Waals surface area contributed by atoms with Gasteiger partial charge in [0.1, 0.15) is 0 Å².